The second-order valence-electron chi connectivity index (χ2n) is 6.92. The van der Waals surface area contributed by atoms with Crippen molar-refractivity contribution >= 4 is 11.5 Å². The maximum Gasteiger partial charge on any atom is 0.269 e. The maximum atomic E-state index is 12.3. The van der Waals surface area contributed by atoms with Gasteiger partial charge in [0, 0.05) is 24.5 Å². The van der Waals surface area contributed by atoms with Gasteiger partial charge in [0.05, 0.1) is 4.92 Å². The number of benzene rings is 1. The first kappa shape index (κ1) is 15.9. The number of carbonyl (C=O) groups excluding carboxylic acids is 1. The van der Waals surface area contributed by atoms with E-state index in [2.05, 4.69) is 12.2 Å². The molecule has 2 saturated carbocycles. The highest BCUT2D eigenvalue weighted by Gasteiger charge is 2.46. The van der Waals surface area contributed by atoms with Crippen LogP contribution in [-0.4, -0.2) is 10.7 Å². The number of Topliss-reactive ketones (excluding diaryl/α,β-unsaturated/α-hetero) is 1. The lowest BCUT2D eigenvalue weighted by Gasteiger charge is -2.37. The third-order valence-corrected chi connectivity index (χ3v) is 5.55. The van der Waals surface area contributed by atoms with Crippen molar-refractivity contribution in [1.82, 2.24) is 0 Å². The Kier molecular flexibility index (Phi) is 4.60. The summed E-state index contributed by atoms with van der Waals surface area (Å²) in [5.74, 6) is 0.479. The van der Waals surface area contributed by atoms with Gasteiger partial charge < -0.3 is 0 Å². The van der Waals surface area contributed by atoms with Crippen molar-refractivity contribution in [2.24, 2.45) is 11.3 Å². The van der Waals surface area contributed by atoms with E-state index in [1.54, 1.807) is 12.1 Å². The molecule has 2 fully saturated rings. The predicted molar refractivity (Wildman–Crippen MR) is 89.2 cm³/mol. The number of carbonyl (C=O) groups is 1. The zero-order valence-corrected chi connectivity index (χ0v) is 13.4. The lowest BCUT2D eigenvalue weighted by atomic mass is 9.67. The molecular weight excluding hydrogens is 290 g/mol. The minimum absolute atomic E-state index is 0.0841. The highest BCUT2D eigenvalue weighted by atomic mass is 16.6. The molecule has 2 aliphatic rings. The fourth-order valence-corrected chi connectivity index (χ4v) is 4.25. The van der Waals surface area contributed by atoms with E-state index in [0.29, 0.717) is 5.78 Å². The molecule has 3 rings (SSSR count). The zero-order chi connectivity index (χ0) is 16.3. The molecule has 4 heteroatoms. The summed E-state index contributed by atoms with van der Waals surface area (Å²) in [7, 11) is 0. The molecule has 23 heavy (non-hydrogen) atoms. The minimum atomic E-state index is -0.385. The van der Waals surface area contributed by atoms with Crippen LogP contribution in [0.5, 0.6) is 0 Å². The lowest BCUT2D eigenvalue weighted by molar-refractivity contribution is -0.384. The van der Waals surface area contributed by atoms with Crippen molar-refractivity contribution in [2.75, 3.05) is 0 Å². The molecular formula is C19H23NO3. The molecule has 4 nitrogen and oxygen atoms in total. The Labute approximate surface area is 136 Å². The summed E-state index contributed by atoms with van der Waals surface area (Å²) in [6, 6.07) is 6.64. The second-order valence-corrected chi connectivity index (χ2v) is 6.92. The molecule has 1 atom stereocenters. The average Bonchev–Trinajstić information content (AvgIpc) is 2.85. The first-order valence-electron chi connectivity index (χ1n) is 8.53. The SMILES string of the molecule is O=C1CCC2(CCCCC2)C1/C=C\Cc1ccc([N+](=O)[O-])cc1. The molecule has 2 aliphatic carbocycles. The van der Waals surface area contributed by atoms with Gasteiger partial charge in [-0.05, 0) is 36.7 Å². The topological polar surface area (TPSA) is 60.2 Å². The summed E-state index contributed by atoms with van der Waals surface area (Å²) < 4.78 is 0. The van der Waals surface area contributed by atoms with Gasteiger partial charge in [-0.3, -0.25) is 14.9 Å². The van der Waals surface area contributed by atoms with E-state index in [1.165, 1.54) is 44.2 Å². The minimum Gasteiger partial charge on any atom is -0.299 e. The van der Waals surface area contributed by atoms with Gasteiger partial charge in [-0.2, -0.15) is 0 Å². The standard InChI is InChI=1S/C19H23NO3/c21-18-11-14-19(12-2-1-3-13-19)17(18)6-4-5-15-7-9-16(10-8-15)20(22)23/h4,6-10,17H,1-3,5,11-14H2/b6-4-. The molecule has 0 aliphatic heterocycles. The molecule has 0 N–H and O–H groups in total. The lowest BCUT2D eigenvalue weighted by Crippen LogP contribution is -2.29. The normalized spacial score (nSPS) is 23.7. The van der Waals surface area contributed by atoms with Crippen molar-refractivity contribution in [3.05, 3.63) is 52.1 Å². The van der Waals surface area contributed by atoms with Gasteiger partial charge in [0.1, 0.15) is 5.78 Å². The number of non-ortho nitro benzene ring substituents is 1. The van der Waals surface area contributed by atoms with Gasteiger partial charge in [0.15, 0.2) is 0 Å². The highest BCUT2D eigenvalue weighted by molar-refractivity contribution is 5.86. The monoisotopic (exact) mass is 313 g/mol. The third-order valence-electron chi connectivity index (χ3n) is 5.55. The molecule has 0 bridgehead atoms. The van der Waals surface area contributed by atoms with Crippen molar-refractivity contribution in [2.45, 2.75) is 51.4 Å². The van der Waals surface area contributed by atoms with Crippen molar-refractivity contribution < 1.29 is 9.72 Å². The molecule has 0 aromatic heterocycles. The van der Waals surface area contributed by atoms with Gasteiger partial charge >= 0.3 is 0 Å². The molecule has 0 saturated heterocycles. The van der Waals surface area contributed by atoms with Gasteiger partial charge in [0.2, 0.25) is 0 Å². The van der Waals surface area contributed by atoms with Crippen LogP contribution in [0.1, 0.15) is 50.5 Å². The fourth-order valence-electron chi connectivity index (χ4n) is 4.25. The van der Waals surface area contributed by atoms with Gasteiger partial charge in [-0.15, -0.1) is 0 Å². The van der Waals surface area contributed by atoms with Gasteiger partial charge in [0.25, 0.3) is 5.69 Å². The van der Waals surface area contributed by atoms with E-state index < -0.39 is 0 Å². The average molecular weight is 313 g/mol. The number of nitro benzene ring substituents is 1. The number of ketones is 1. The predicted octanol–water partition coefficient (Wildman–Crippen LogP) is 4.62. The van der Waals surface area contributed by atoms with Crippen LogP contribution in [0.15, 0.2) is 36.4 Å². The zero-order valence-electron chi connectivity index (χ0n) is 13.4. The summed E-state index contributed by atoms with van der Waals surface area (Å²) in [5.41, 5.74) is 1.38. The van der Waals surface area contributed by atoms with Crippen molar-refractivity contribution in [3.8, 4) is 0 Å². The summed E-state index contributed by atoms with van der Waals surface area (Å²) in [6.07, 6.45) is 12.9. The number of nitrogens with zero attached hydrogens (tertiary/aromatic N) is 1. The molecule has 122 valence electrons. The van der Waals surface area contributed by atoms with Crippen LogP contribution in [0.3, 0.4) is 0 Å². The van der Waals surface area contributed by atoms with Crippen molar-refractivity contribution in [3.63, 3.8) is 0 Å². The van der Waals surface area contributed by atoms with E-state index in [1.807, 2.05) is 0 Å². The number of hydrogen-bond acceptors (Lipinski definition) is 3. The van der Waals surface area contributed by atoms with Crippen LogP contribution in [0.25, 0.3) is 0 Å². The van der Waals surface area contributed by atoms with Crippen LogP contribution in [0.4, 0.5) is 5.69 Å². The van der Waals surface area contributed by atoms with Crippen LogP contribution >= 0.6 is 0 Å². The van der Waals surface area contributed by atoms with Crippen LogP contribution in [-0.2, 0) is 11.2 Å². The molecule has 1 unspecified atom stereocenters. The summed E-state index contributed by atoms with van der Waals surface area (Å²) >= 11 is 0. The quantitative estimate of drug-likeness (QED) is 0.463. The largest absolute Gasteiger partial charge is 0.299 e. The Hall–Kier alpha value is -1.97. The Morgan fingerprint density at radius 3 is 2.48 bits per heavy atom. The van der Waals surface area contributed by atoms with E-state index in [9.17, 15) is 14.9 Å². The number of nitro groups is 1. The molecule has 0 amide bonds. The Morgan fingerprint density at radius 1 is 1.13 bits per heavy atom. The van der Waals surface area contributed by atoms with Gasteiger partial charge in [-0.25, -0.2) is 0 Å². The van der Waals surface area contributed by atoms with Crippen LogP contribution in [0, 0.1) is 21.4 Å². The summed E-state index contributed by atoms with van der Waals surface area (Å²) in [5, 5.41) is 10.7. The maximum absolute atomic E-state index is 12.3. The molecule has 1 spiro atoms. The number of rotatable bonds is 4. The Bertz CT molecular complexity index is 612. The fraction of sp³-hybridized carbons (Fsp3) is 0.526. The van der Waals surface area contributed by atoms with Crippen LogP contribution < -0.4 is 0 Å². The first-order chi connectivity index (χ1) is 11.1. The van der Waals surface area contributed by atoms with Crippen LogP contribution in [0.2, 0.25) is 0 Å². The third kappa shape index (κ3) is 3.36. The Morgan fingerprint density at radius 2 is 1.83 bits per heavy atom. The smallest absolute Gasteiger partial charge is 0.269 e. The van der Waals surface area contributed by atoms with E-state index in [0.717, 1.165) is 24.8 Å². The molecule has 1 aromatic carbocycles. The highest BCUT2D eigenvalue weighted by Crippen LogP contribution is 2.51. The van der Waals surface area contributed by atoms with Crippen molar-refractivity contribution in [1.29, 1.82) is 0 Å². The number of allylic oxidation sites excluding steroid dienone is 2. The van der Waals surface area contributed by atoms with E-state index >= 15 is 0 Å². The van der Waals surface area contributed by atoms with E-state index in [-0.39, 0.29) is 21.9 Å². The Balaban J connectivity index is 1.66. The molecule has 0 heterocycles. The summed E-state index contributed by atoms with van der Waals surface area (Å²) in [6.45, 7) is 0. The number of hydrogen-bond donors (Lipinski definition) is 0. The van der Waals surface area contributed by atoms with E-state index in [4.69, 9.17) is 0 Å². The second kappa shape index (κ2) is 6.65. The first-order valence-corrected chi connectivity index (χ1v) is 8.53. The van der Waals surface area contributed by atoms with Gasteiger partial charge in [-0.1, -0.05) is 43.5 Å². The summed E-state index contributed by atoms with van der Waals surface area (Å²) in [4.78, 5) is 22.6. The molecule has 0 radical (unpaired) electrons. The molecule has 1 aromatic rings.